The highest BCUT2D eigenvalue weighted by Gasteiger charge is 2.35. The zero-order valence-corrected chi connectivity index (χ0v) is 11.3. The molecule has 2 heterocycles. The van der Waals surface area contributed by atoms with Crippen molar-refractivity contribution < 1.29 is 13.2 Å². The van der Waals surface area contributed by atoms with Gasteiger partial charge in [-0.15, -0.1) is 0 Å². The Morgan fingerprint density at radius 2 is 2.05 bits per heavy atom. The Hall–Kier alpha value is -0.750. The SMILES string of the molecule is NC(CC1CCSCC1)c1cnccc1C(F)(F)F. The Balaban J connectivity index is 2.12. The van der Waals surface area contributed by atoms with Gasteiger partial charge in [-0.05, 0) is 48.3 Å². The third-order valence-corrected chi connectivity index (χ3v) is 4.53. The molecule has 1 atom stereocenters. The van der Waals surface area contributed by atoms with Crippen LogP contribution in [0, 0.1) is 5.92 Å². The largest absolute Gasteiger partial charge is 0.416 e. The summed E-state index contributed by atoms with van der Waals surface area (Å²) in [7, 11) is 0. The number of pyridine rings is 1. The van der Waals surface area contributed by atoms with Crippen LogP contribution in [0.15, 0.2) is 18.5 Å². The molecule has 0 bridgehead atoms. The molecule has 0 saturated carbocycles. The number of thioether (sulfide) groups is 1. The molecule has 0 amide bonds. The first kappa shape index (κ1) is 14.7. The minimum absolute atomic E-state index is 0.119. The van der Waals surface area contributed by atoms with Gasteiger partial charge in [0.25, 0.3) is 0 Å². The quantitative estimate of drug-likeness (QED) is 0.924. The smallest absolute Gasteiger partial charge is 0.324 e. The average Bonchev–Trinajstić information content (AvgIpc) is 2.39. The van der Waals surface area contributed by atoms with Crippen LogP contribution in [0.3, 0.4) is 0 Å². The van der Waals surface area contributed by atoms with Gasteiger partial charge in [-0.3, -0.25) is 4.98 Å². The van der Waals surface area contributed by atoms with Crippen molar-refractivity contribution in [3.05, 3.63) is 29.6 Å². The lowest BCUT2D eigenvalue weighted by atomic mass is 9.90. The highest BCUT2D eigenvalue weighted by Crippen LogP contribution is 2.36. The molecule has 19 heavy (non-hydrogen) atoms. The van der Waals surface area contributed by atoms with Crippen LogP contribution < -0.4 is 5.73 Å². The first-order chi connectivity index (χ1) is 8.98. The van der Waals surface area contributed by atoms with Gasteiger partial charge in [0.2, 0.25) is 0 Å². The second kappa shape index (κ2) is 6.13. The van der Waals surface area contributed by atoms with E-state index >= 15 is 0 Å². The van der Waals surface area contributed by atoms with Crippen LogP contribution in [0.25, 0.3) is 0 Å². The summed E-state index contributed by atoms with van der Waals surface area (Å²) < 4.78 is 38.7. The summed E-state index contributed by atoms with van der Waals surface area (Å²) in [5.74, 6) is 2.59. The third-order valence-electron chi connectivity index (χ3n) is 3.48. The third kappa shape index (κ3) is 3.86. The fourth-order valence-corrected chi connectivity index (χ4v) is 3.63. The molecule has 1 aromatic heterocycles. The number of nitrogens with two attached hydrogens (primary N) is 1. The molecule has 1 fully saturated rings. The van der Waals surface area contributed by atoms with Gasteiger partial charge in [0.1, 0.15) is 0 Å². The summed E-state index contributed by atoms with van der Waals surface area (Å²) in [6.07, 6.45) is 0.745. The van der Waals surface area contributed by atoms with Crippen molar-refractivity contribution in [3.63, 3.8) is 0 Å². The van der Waals surface area contributed by atoms with Crippen molar-refractivity contribution in [2.24, 2.45) is 11.7 Å². The van der Waals surface area contributed by atoms with Gasteiger partial charge in [-0.1, -0.05) is 0 Å². The van der Waals surface area contributed by atoms with E-state index in [4.69, 9.17) is 5.73 Å². The van der Waals surface area contributed by atoms with Gasteiger partial charge in [0.05, 0.1) is 5.56 Å². The van der Waals surface area contributed by atoms with E-state index in [1.807, 2.05) is 11.8 Å². The predicted molar refractivity (Wildman–Crippen MR) is 70.8 cm³/mol. The van der Waals surface area contributed by atoms with Gasteiger partial charge in [0.15, 0.2) is 0 Å². The molecule has 0 aromatic carbocycles. The van der Waals surface area contributed by atoms with E-state index in [9.17, 15) is 13.2 Å². The minimum Gasteiger partial charge on any atom is -0.324 e. The monoisotopic (exact) mass is 290 g/mol. The molecule has 1 unspecified atom stereocenters. The van der Waals surface area contributed by atoms with Crippen LogP contribution >= 0.6 is 11.8 Å². The fourth-order valence-electron chi connectivity index (χ4n) is 2.43. The predicted octanol–water partition coefficient (Wildman–Crippen LogP) is 3.63. The summed E-state index contributed by atoms with van der Waals surface area (Å²) in [4.78, 5) is 3.79. The highest BCUT2D eigenvalue weighted by molar-refractivity contribution is 7.99. The number of nitrogens with zero attached hydrogens (tertiary/aromatic N) is 1. The van der Waals surface area contributed by atoms with Gasteiger partial charge in [-0.2, -0.15) is 24.9 Å². The minimum atomic E-state index is -4.36. The molecule has 0 aliphatic carbocycles. The summed E-state index contributed by atoms with van der Waals surface area (Å²) in [5, 5.41) is 0. The van der Waals surface area contributed by atoms with Crippen LogP contribution in [0.5, 0.6) is 0 Å². The molecule has 1 saturated heterocycles. The highest BCUT2D eigenvalue weighted by atomic mass is 32.2. The molecular weight excluding hydrogens is 273 g/mol. The molecule has 106 valence electrons. The number of hydrogen-bond acceptors (Lipinski definition) is 3. The number of aromatic nitrogens is 1. The van der Waals surface area contributed by atoms with E-state index in [0.717, 1.165) is 36.6 Å². The summed E-state index contributed by atoms with van der Waals surface area (Å²) in [6.45, 7) is 0. The van der Waals surface area contributed by atoms with Crippen molar-refractivity contribution in [2.45, 2.75) is 31.5 Å². The Labute approximate surface area is 115 Å². The van der Waals surface area contributed by atoms with Crippen molar-refractivity contribution in [2.75, 3.05) is 11.5 Å². The summed E-state index contributed by atoms with van der Waals surface area (Å²) in [5.41, 5.74) is 5.44. The van der Waals surface area contributed by atoms with Crippen LogP contribution in [0.2, 0.25) is 0 Å². The molecule has 1 aliphatic heterocycles. The normalized spacial score (nSPS) is 19.4. The van der Waals surface area contributed by atoms with Crippen LogP contribution in [-0.2, 0) is 6.18 Å². The maximum Gasteiger partial charge on any atom is 0.416 e. The van der Waals surface area contributed by atoms with E-state index in [0.29, 0.717) is 12.3 Å². The van der Waals surface area contributed by atoms with Gasteiger partial charge in [-0.25, -0.2) is 0 Å². The van der Waals surface area contributed by atoms with E-state index < -0.39 is 17.8 Å². The van der Waals surface area contributed by atoms with E-state index in [2.05, 4.69) is 4.98 Å². The van der Waals surface area contributed by atoms with E-state index in [1.54, 1.807) is 0 Å². The number of halogens is 3. The fraction of sp³-hybridized carbons (Fsp3) is 0.615. The summed E-state index contributed by atoms with van der Waals surface area (Å²) in [6, 6.07) is 0.421. The van der Waals surface area contributed by atoms with Crippen molar-refractivity contribution in [1.82, 2.24) is 4.98 Å². The first-order valence-electron chi connectivity index (χ1n) is 6.33. The van der Waals surface area contributed by atoms with Crippen molar-refractivity contribution >= 4 is 11.8 Å². The number of hydrogen-bond donors (Lipinski definition) is 1. The van der Waals surface area contributed by atoms with Gasteiger partial charge < -0.3 is 5.73 Å². The van der Waals surface area contributed by atoms with Gasteiger partial charge in [0, 0.05) is 18.4 Å². The molecule has 2 nitrogen and oxygen atoms in total. The Morgan fingerprint density at radius 3 is 2.68 bits per heavy atom. The average molecular weight is 290 g/mol. The topological polar surface area (TPSA) is 38.9 Å². The molecular formula is C13H17F3N2S. The zero-order chi connectivity index (χ0) is 13.9. The molecule has 2 rings (SSSR count). The molecule has 1 aliphatic rings. The molecule has 6 heteroatoms. The van der Waals surface area contributed by atoms with Crippen LogP contribution in [0.4, 0.5) is 13.2 Å². The number of alkyl halides is 3. The maximum atomic E-state index is 12.9. The molecule has 2 N–H and O–H groups in total. The van der Waals surface area contributed by atoms with Crippen LogP contribution in [0.1, 0.15) is 36.4 Å². The molecule has 0 spiro atoms. The number of rotatable bonds is 3. The standard InChI is InChI=1S/C13H17F3N2S/c14-13(15,16)11-1-4-18-8-10(11)12(17)7-9-2-5-19-6-3-9/h1,4,8-9,12H,2-3,5-7,17H2. The van der Waals surface area contributed by atoms with Crippen LogP contribution in [-0.4, -0.2) is 16.5 Å². The summed E-state index contributed by atoms with van der Waals surface area (Å²) >= 11 is 1.90. The molecule has 0 radical (unpaired) electrons. The second-order valence-electron chi connectivity index (χ2n) is 4.86. The van der Waals surface area contributed by atoms with Crippen molar-refractivity contribution in [1.29, 1.82) is 0 Å². The zero-order valence-electron chi connectivity index (χ0n) is 10.5. The Kier molecular flexibility index (Phi) is 4.73. The van der Waals surface area contributed by atoms with E-state index in [1.165, 1.54) is 6.20 Å². The Morgan fingerprint density at radius 1 is 1.37 bits per heavy atom. The van der Waals surface area contributed by atoms with Crippen molar-refractivity contribution in [3.8, 4) is 0 Å². The lowest BCUT2D eigenvalue weighted by molar-refractivity contribution is -0.138. The lowest BCUT2D eigenvalue weighted by Gasteiger charge is -2.25. The second-order valence-corrected chi connectivity index (χ2v) is 6.08. The first-order valence-corrected chi connectivity index (χ1v) is 7.48. The lowest BCUT2D eigenvalue weighted by Crippen LogP contribution is -2.22. The molecule has 1 aromatic rings. The van der Waals surface area contributed by atoms with E-state index in [-0.39, 0.29) is 5.56 Å². The maximum absolute atomic E-state index is 12.9. The van der Waals surface area contributed by atoms with Gasteiger partial charge >= 0.3 is 6.18 Å². The Bertz CT molecular complexity index is 417.